The van der Waals surface area contributed by atoms with E-state index in [0.717, 1.165) is 6.26 Å². The Morgan fingerprint density at radius 2 is 2.12 bits per heavy atom. The van der Waals surface area contributed by atoms with E-state index >= 15 is 0 Å². The van der Waals surface area contributed by atoms with Crippen LogP contribution in [0.2, 0.25) is 0 Å². The third-order valence-electron chi connectivity index (χ3n) is 3.42. The van der Waals surface area contributed by atoms with Gasteiger partial charge in [-0.25, -0.2) is 13.1 Å². The Hall–Kier alpha value is -2.11. The molecule has 1 heterocycles. The van der Waals surface area contributed by atoms with Gasteiger partial charge in [0, 0.05) is 23.3 Å². The lowest BCUT2D eigenvalue weighted by atomic mass is 9.99. The maximum Gasteiger partial charge on any atom is 0.224 e. The number of aromatic nitrogens is 2. The molecule has 0 atom stereocenters. The second-order valence-corrected chi connectivity index (χ2v) is 8.64. The number of nitrogens with zero attached hydrogens (tertiary/aromatic N) is 2. The van der Waals surface area contributed by atoms with Crippen LogP contribution in [0, 0.1) is 19.3 Å². The minimum absolute atomic E-state index is 0.00418. The summed E-state index contributed by atoms with van der Waals surface area (Å²) in [4.78, 5) is 13.1. The number of rotatable bonds is 6. The Labute approximate surface area is 155 Å². The zero-order chi connectivity index (χ0) is 18.8. The van der Waals surface area contributed by atoms with Crippen molar-refractivity contribution in [2.75, 3.05) is 12.9 Å². The highest BCUT2D eigenvalue weighted by Gasteiger charge is 2.25. The molecule has 132 valence electrons. The summed E-state index contributed by atoms with van der Waals surface area (Å²) < 4.78 is 31.0. The highest BCUT2D eigenvalue weighted by molar-refractivity contribution is 9.10. The lowest BCUT2D eigenvalue weighted by Crippen LogP contribution is -2.12. The van der Waals surface area contributed by atoms with Crippen molar-refractivity contribution < 1.29 is 17.9 Å². The van der Waals surface area contributed by atoms with Crippen molar-refractivity contribution in [3.63, 3.8) is 0 Å². The molecule has 0 aliphatic heterocycles. The number of aryl methyl sites for hydroxylation is 2. The Morgan fingerprint density at radius 1 is 1.44 bits per heavy atom. The molecule has 0 aliphatic rings. The van der Waals surface area contributed by atoms with Crippen molar-refractivity contribution in [1.29, 1.82) is 0 Å². The summed E-state index contributed by atoms with van der Waals surface area (Å²) in [5, 5.41) is 4.21. The first kappa shape index (κ1) is 19.2. The highest BCUT2D eigenvalue weighted by Crippen LogP contribution is 2.28. The van der Waals surface area contributed by atoms with Crippen LogP contribution in [0.4, 0.5) is 0 Å². The normalized spacial score (nSPS) is 11.2. The van der Waals surface area contributed by atoms with Crippen LogP contribution in [0.1, 0.15) is 27.2 Å². The predicted molar refractivity (Wildman–Crippen MR) is 98.4 cm³/mol. The standard InChI is InChI=1S/C17H17BrN2O4S/c1-5-8-24-17-15(11(2)19-20(17)3)16(21)14-7-6-13(18)9-12(14)10-25(4,22)23/h1,6-7,9H,8,10H2,2-4H3. The molecule has 0 saturated carbocycles. The van der Waals surface area contributed by atoms with E-state index in [-0.39, 0.29) is 35.1 Å². The number of halogens is 1. The van der Waals surface area contributed by atoms with Gasteiger partial charge in [0.1, 0.15) is 5.56 Å². The maximum absolute atomic E-state index is 13.1. The van der Waals surface area contributed by atoms with Crippen molar-refractivity contribution in [2.24, 2.45) is 7.05 Å². The Kier molecular flexibility index (Phi) is 5.70. The van der Waals surface area contributed by atoms with Gasteiger partial charge in [0.05, 0.1) is 11.4 Å². The molecule has 25 heavy (non-hydrogen) atoms. The average molecular weight is 425 g/mol. The van der Waals surface area contributed by atoms with Crippen LogP contribution in [0.3, 0.4) is 0 Å². The van der Waals surface area contributed by atoms with Gasteiger partial charge in [-0.15, -0.1) is 6.42 Å². The van der Waals surface area contributed by atoms with Gasteiger partial charge >= 0.3 is 0 Å². The molecular formula is C17H17BrN2O4S. The number of ether oxygens (including phenoxy) is 1. The molecule has 0 spiro atoms. The van der Waals surface area contributed by atoms with Gasteiger partial charge in [-0.2, -0.15) is 5.10 Å². The second kappa shape index (κ2) is 7.42. The molecular weight excluding hydrogens is 408 g/mol. The molecule has 8 heteroatoms. The molecule has 0 aliphatic carbocycles. The third-order valence-corrected chi connectivity index (χ3v) is 4.75. The molecule has 0 radical (unpaired) electrons. The highest BCUT2D eigenvalue weighted by atomic mass is 79.9. The summed E-state index contributed by atoms with van der Waals surface area (Å²) in [7, 11) is -1.67. The third kappa shape index (κ3) is 4.50. The van der Waals surface area contributed by atoms with Crippen LogP contribution in [-0.4, -0.2) is 36.8 Å². The van der Waals surface area contributed by atoms with E-state index in [9.17, 15) is 13.2 Å². The number of carbonyl (C=O) groups is 1. The van der Waals surface area contributed by atoms with E-state index in [0.29, 0.717) is 15.7 Å². The van der Waals surface area contributed by atoms with Crippen molar-refractivity contribution in [1.82, 2.24) is 9.78 Å². The Morgan fingerprint density at radius 3 is 2.72 bits per heavy atom. The topological polar surface area (TPSA) is 78.3 Å². The average Bonchev–Trinajstić information content (AvgIpc) is 2.76. The van der Waals surface area contributed by atoms with Crippen molar-refractivity contribution in [3.8, 4) is 18.2 Å². The van der Waals surface area contributed by atoms with Crippen molar-refractivity contribution in [2.45, 2.75) is 12.7 Å². The molecule has 0 bridgehead atoms. The molecule has 2 rings (SSSR count). The van der Waals surface area contributed by atoms with Gasteiger partial charge < -0.3 is 4.74 Å². The molecule has 0 fully saturated rings. The summed E-state index contributed by atoms with van der Waals surface area (Å²) in [6.45, 7) is 1.68. The Bertz CT molecular complexity index is 971. The van der Waals surface area contributed by atoms with Gasteiger partial charge in [-0.1, -0.05) is 21.9 Å². The van der Waals surface area contributed by atoms with Gasteiger partial charge in [-0.05, 0) is 30.7 Å². The number of ketones is 1. The molecule has 1 aromatic carbocycles. The number of hydrogen-bond acceptors (Lipinski definition) is 5. The lowest BCUT2D eigenvalue weighted by Gasteiger charge is -2.10. The van der Waals surface area contributed by atoms with Gasteiger partial charge in [0.2, 0.25) is 11.7 Å². The van der Waals surface area contributed by atoms with E-state index in [2.05, 4.69) is 26.9 Å². The maximum atomic E-state index is 13.1. The molecule has 0 unspecified atom stereocenters. The molecule has 0 N–H and O–H groups in total. The first-order valence-corrected chi connectivity index (χ1v) is 10.1. The van der Waals surface area contributed by atoms with E-state index < -0.39 is 9.84 Å². The monoisotopic (exact) mass is 424 g/mol. The zero-order valence-electron chi connectivity index (χ0n) is 14.0. The quantitative estimate of drug-likeness (QED) is 0.524. The Balaban J connectivity index is 2.58. The van der Waals surface area contributed by atoms with Gasteiger partial charge in [0.25, 0.3) is 0 Å². The van der Waals surface area contributed by atoms with Crippen molar-refractivity contribution in [3.05, 3.63) is 45.1 Å². The summed E-state index contributed by atoms with van der Waals surface area (Å²) in [6, 6.07) is 4.90. The molecule has 0 amide bonds. The lowest BCUT2D eigenvalue weighted by molar-refractivity contribution is 0.103. The summed E-state index contributed by atoms with van der Waals surface area (Å²) >= 11 is 3.31. The first-order valence-electron chi connectivity index (χ1n) is 7.24. The minimum Gasteiger partial charge on any atom is -0.464 e. The smallest absolute Gasteiger partial charge is 0.224 e. The number of benzene rings is 1. The fourth-order valence-corrected chi connectivity index (χ4v) is 3.71. The van der Waals surface area contributed by atoms with Crippen LogP contribution in [0.15, 0.2) is 22.7 Å². The van der Waals surface area contributed by atoms with Crippen LogP contribution in [-0.2, 0) is 22.6 Å². The van der Waals surface area contributed by atoms with Gasteiger partial charge in [0.15, 0.2) is 16.4 Å². The van der Waals surface area contributed by atoms with E-state index in [4.69, 9.17) is 11.2 Å². The fraction of sp³-hybridized carbons (Fsp3) is 0.294. The number of sulfone groups is 1. The van der Waals surface area contributed by atoms with Crippen LogP contribution < -0.4 is 4.74 Å². The van der Waals surface area contributed by atoms with E-state index in [1.807, 2.05) is 0 Å². The van der Waals surface area contributed by atoms with E-state index in [1.165, 1.54) is 4.68 Å². The second-order valence-electron chi connectivity index (χ2n) is 5.58. The number of carbonyl (C=O) groups excluding carboxylic acids is 1. The molecule has 6 nitrogen and oxygen atoms in total. The van der Waals surface area contributed by atoms with E-state index in [1.54, 1.807) is 32.2 Å². The fourth-order valence-electron chi connectivity index (χ4n) is 2.49. The number of hydrogen-bond donors (Lipinski definition) is 0. The summed E-state index contributed by atoms with van der Waals surface area (Å²) in [5.41, 5.74) is 1.45. The molecule has 0 saturated heterocycles. The largest absolute Gasteiger partial charge is 0.464 e. The van der Waals surface area contributed by atoms with Crippen LogP contribution >= 0.6 is 15.9 Å². The first-order chi connectivity index (χ1) is 11.6. The van der Waals surface area contributed by atoms with Crippen molar-refractivity contribution >= 4 is 31.6 Å². The van der Waals surface area contributed by atoms with Crippen LogP contribution in [0.5, 0.6) is 5.88 Å². The number of terminal acetylenes is 1. The SMILES string of the molecule is C#CCOc1c(C(=O)c2ccc(Br)cc2CS(C)(=O)=O)c(C)nn1C. The summed E-state index contributed by atoms with van der Waals surface area (Å²) in [6.07, 6.45) is 6.34. The zero-order valence-corrected chi connectivity index (χ0v) is 16.4. The molecule has 2 aromatic rings. The molecule has 1 aromatic heterocycles. The minimum atomic E-state index is -3.31. The van der Waals surface area contributed by atoms with Gasteiger partial charge in [-0.3, -0.25) is 4.79 Å². The summed E-state index contributed by atoms with van der Waals surface area (Å²) in [5.74, 6) is 2.01. The van der Waals surface area contributed by atoms with Crippen LogP contribution in [0.25, 0.3) is 0 Å². The predicted octanol–water partition coefficient (Wildman–Crippen LogP) is 2.28.